The molecule has 0 aliphatic heterocycles. The van der Waals surface area contributed by atoms with Gasteiger partial charge in [-0.2, -0.15) is 5.10 Å². The van der Waals surface area contributed by atoms with Gasteiger partial charge >= 0.3 is 0 Å². The van der Waals surface area contributed by atoms with E-state index in [1.165, 1.54) is 10.7 Å². The summed E-state index contributed by atoms with van der Waals surface area (Å²) in [5.74, 6) is -0.285. The lowest BCUT2D eigenvalue weighted by Gasteiger charge is -2.11. The molecule has 1 N–H and O–H groups in total. The van der Waals surface area contributed by atoms with Gasteiger partial charge in [0.25, 0.3) is 5.56 Å². The molecule has 0 saturated carbocycles. The van der Waals surface area contributed by atoms with E-state index in [0.29, 0.717) is 5.69 Å². The molecule has 3 rings (SSSR count). The molecule has 3 aromatic rings. The highest BCUT2D eigenvalue weighted by Gasteiger charge is 2.10. The van der Waals surface area contributed by atoms with Crippen molar-refractivity contribution in [3.05, 3.63) is 81.6 Å². The third-order valence-electron chi connectivity index (χ3n) is 4.25. The molecule has 0 unspecified atom stereocenters. The van der Waals surface area contributed by atoms with Gasteiger partial charge in [-0.25, -0.2) is 4.68 Å². The number of nitrogens with one attached hydrogen (secondary N) is 1. The van der Waals surface area contributed by atoms with Crippen LogP contribution >= 0.6 is 0 Å². The Kier molecular flexibility index (Phi) is 4.98. The molecule has 132 valence electrons. The number of rotatable bonds is 4. The van der Waals surface area contributed by atoms with Gasteiger partial charge in [0.15, 0.2) is 0 Å². The third kappa shape index (κ3) is 3.88. The number of hydrogen-bond donors (Lipinski definition) is 1. The Morgan fingerprint density at radius 1 is 1.00 bits per heavy atom. The van der Waals surface area contributed by atoms with Gasteiger partial charge in [-0.05, 0) is 50.1 Å². The Morgan fingerprint density at radius 2 is 1.77 bits per heavy atom. The van der Waals surface area contributed by atoms with Gasteiger partial charge in [0.1, 0.15) is 6.54 Å². The third-order valence-corrected chi connectivity index (χ3v) is 4.25. The summed E-state index contributed by atoms with van der Waals surface area (Å²) in [4.78, 5) is 24.5. The molecule has 0 radical (unpaired) electrons. The van der Waals surface area contributed by atoms with E-state index in [-0.39, 0.29) is 18.0 Å². The highest BCUT2D eigenvalue weighted by molar-refractivity contribution is 5.91. The molecular weight excluding hydrogens is 326 g/mol. The topological polar surface area (TPSA) is 64.0 Å². The number of benzene rings is 2. The number of carbonyl (C=O) groups excluding carboxylic acids is 1. The molecule has 1 heterocycles. The summed E-state index contributed by atoms with van der Waals surface area (Å²) in [7, 11) is 0. The molecule has 0 fully saturated rings. The predicted molar refractivity (Wildman–Crippen MR) is 103 cm³/mol. The van der Waals surface area contributed by atoms with Crippen molar-refractivity contribution in [1.29, 1.82) is 0 Å². The summed E-state index contributed by atoms with van der Waals surface area (Å²) in [6.45, 7) is 5.79. The van der Waals surface area contributed by atoms with Crippen LogP contribution in [0.4, 0.5) is 5.69 Å². The number of carbonyl (C=O) groups is 1. The molecule has 2 aromatic carbocycles. The van der Waals surface area contributed by atoms with Gasteiger partial charge in [-0.3, -0.25) is 9.59 Å². The maximum atomic E-state index is 12.3. The van der Waals surface area contributed by atoms with Crippen LogP contribution in [0.2, 0.25) is 0 Å². The van der Waals surface area contributed by atoms with Crippen molar-refractivity contribution in [3.63, 3.8) is 0 Å². The predicted octanol–water partition coefficient (Wildman–Crippen LogP) is 3.47. The first-order valence-corrected chi connectivity index (χ1v) is 8.45. The summed E-state index contributed by atoms with van der Waals surface area (Å²) in [5.41, 5.74) is 5.20. The second-order valence-corrected chi connectivity index (χ2v) is 6.40. The average molecular weight is 347 g/mol. The van der Waals surface area contributed by atoms with Crippen LogP contribution in [0.25, 0.3) is 11.3 Å². The fourth-order valence-corrected chi connectivity index (χ4v) is 2.76. The van der Waals surface area contributed by atoms with Gasteiger partial charge in [0.05, 0.1) is 5.69 Å². The summed E-state index contributed by atoms with van der Waals surface area (Å²) in [6, 6.07) is 16.7. The lowest BCUT2D eigenvalue weighted by molar-refractivity contribution is -0.117. The molecule has 0 aliphatic rings. The minimum Gasteiger partial charge on any atom is -0.324 e. The standard InChI is InChI=1S/C21H21N3O2/c1-14-8-9-15(2)17(12-14)19-10-11-21(26)24(23-19)13-20(25)22-18-7-5-4-6-16(18)3/h4-12H,13H2,1-3H3,(H,22,25). The van der Waals surface area contributed by atoms with Gasteiger partial charge < -0.3 is 5.32 Å². The smallest absolute Gasteiger partial charge is 0.267 e. The van der Waals surface area contributed by atoms with E-state index in [1.807, 2.05) is 63.2 Å². The van der Waals surface area contributed by atoms with Crippen LogP contribution < -0.4 is 10.9 Å². The molecule has 1 aromatic heterocycles. The summed E-state index contributed by atoms with van der Waals surface area (Å²) >= 11 is 0. The Morgan fingerprint density at radius 3 is 2.54 bits per heavy atom. The van der Waals surface area contributed by atoms with E-state index in [4.69, 9.17) is 0 Å². The van der Waals surface area contributed by atoms with Crippen molar-refractivity contribution in [2.24, 2.45) is 0 Å². The number of hydrogen-bond acceptors (Lipinski definition) is 3. The van der Waals surface area contributed by atoms with Crippen LogP contribution in [0, 0.1) is 20.8 Å². The molecule has 5 nitrogen and oxygen atoms in total. The van der Waals surface area contributed by atoms with Crippen molar-refractivity contribution < 1.29 is 4.79 Å². The van der Waals surface area contributed by atoms with Crippen LogP contribution in [-0.2, 0) is 11.3 Å². The number of para-hydroxylation sites is 1. The molecule has 0 aliphatic carbocycles. The lowest BCUT2D eigenvalue weighted by atomic mass is 10.0. The van der Waals surface area contributed by atoms with Crippen LogP contribution in [0.1, 0.15) is 16.7 Å². The van der Waals surface area contributed by atoms with E-state index >= 15 is 0 Å². The number of aryl methyl sites for hydroxylation is 3. The number of amides is 1. The van der Waals surface area contributed by atoms with E-state index in [9.17, 15) is 9.59 Å². The fraction of sp³-hybridized carbons (Fsp3) is 0.190. The quantitative estimate of drug-likeness (QED) is 0.786. The maximum absolute atomic E-state index is 12.3. The van der Waals surface area contributed by atoms with Crippen molar-refractivity contribution in [3.8, 4) is 11.3 Å². The molecule has 0 bridgehead atoms. The minimum absolute atomic E-state index is 0.133. The number of aromatic nitrogens is 2. The molecular formula is C21H21N3O2. The second-order valence-electron chi connectivity index (χ2n) is 6.40. The van der Waals surface area contributed by atoms with Crippen molar-refractivity contribution >= 4 is 11.6 Å². The Hall–Kier alpha value is -3.21. The summed E-state index contributed by atoms with van der Waals surface area (Å²) < 4.78 is 1.20. The summed E-state index contributed by atoms with van der Waals surface area (Å²) in [5, 5.41) is 7.22. The highest BCUT2D eigenvalue weighted by atomic mass is 16.2. The fourth-order valence-electron chi connectivity index (χ4n) is 2.76. The van der Waals surface area contributed by atoms with Gasteiger partial charge in [0.2, 0.25) is 5.91 Å². The zero-order valence-electron chi connectivity index (χ0n) is 15.1. The monoisotopic (exact) mass is 347 g/mol. The maximum Gasteiger partial charge on any atom is 0.267 e. The largest absolute Gasteiger partial charge is 0.324 e. The zero-order valence-corrected chi connectivity index (χ0v) is 15.1. The molecule has 0 saturated heterocycles. The zero-order chi connectivity index (χ0) is 18.7. The first kappa shape index (κ1) is 17.6. The SMILES string of the molecule is Cc1ccc(C)c(-c2ccc(=O)n(CC(=O)Nc3ccccc3C)n2)c1. The minimum atomic E-state index is -0.306. The van der Waals surface area contributed by atoms with Gasteiger partial charge in [-0.1, -0.05) is 35.9 Å². The Bertz CT molecular complexity index is 1020. The number of anilines is 1. The van der Waals surface area contributed by atoms with E-state index in [0.717, 1.165) is 27.9 Å². The highest BCUT2D eigenvalue weighted by Crippen LogP contribution is 2.21. The van der Waals surface area contributed by atoms with E-state index < -0.39 is 0 Å². The van der Waals surface area contributed by atoms with Crippen molar-refractivity contribution in [1.82, 2.24) is 9.78 Å². The van der Waals surface area contributed by atoms with E-state index in [1.54, 1.807) is 6.07 Å². The molecule has 0 spiro atoms. The second kappa shape index (κ2) is 7.35. The van der Waals surface area contributed by atoms with Crippen LogP contribution in [0.15, 0.2) is 59.4 Å². The Labute approximate surface area is 152 Å². The molecule has 26 heavy (non-hydrogen) atoms. The summed E-state index contributed by atoms with van der Waals surface area (Å²) in [6.07, 6.45) is 0. The van der Waals surface area contributed by atoms with Crippen LogP contribution in [-0.4, -0.2) is 15.7 Å². The van der Waals surface area contributed by atoms with Crippen LogP contribution in [0.5, 0.6) is 0 Å². The molecule has 5 heteroatoms. The first-order valence-electron chi connectivity index (χ1n) is 8.45. The van der Waals surface area contributed by atoms with Crippen molar-refractivity contribution in [2.75, 3.05) is 5.32 Å². The number of nitrogens with zero attached hydrogens (tertiary/aromatic N) is 2. The Balaban J connectivity index is 1.86. The van der Waals surface area contributed by atoms with Gasteiger partial charge in [0, 0.05) is 17.3 Å². The lowest BCUT2D eigenvalue weighted by Crippen LogP contribution is -2.29. The first-order chi connectivity index (χ1) is 12.4. The normalized spacial score (nSPS) is 10.6. The van der Waals surface area contributed by atoms with E-state index in [2.05, 4.69) is 10.4 Å². The van der Waals surface area contributed by atoms with Crippen molar-refractivity contribution in [2.45, 2.75) is 27.3 Å². The van der Waals surface area contributed by atoms with Crippen LogP contribution in [0.3, 0.4) is 0 Å². The molecule has 0 atom stereocenters. The average Bonchev–Trinajstić information content (AvgIpc) is 2.61. The molecule has 1 amide bonds. The van der Waals surface area contributed by atoms with Gasteiger partial charge in [-0.15, -0.1) is 0 Å².